The van der Waals surface area contributed by atoms with Crippen LogP contribution in [-0.4, -0.2) is 74.9 Å². The SMILES string of the molecule is CC1=C(C(=O)O)C(C)(C)C[C@H](O[C@@H]2O[C@H](CO)[C@@H](O)[C@H](O)[C@H]2O)C1. The number of rotatable bonds is 4. The molecule has 1 fully saturated rings. The van der Waals surface area contributed by atoms with Crippen LogP contribution in [0.25, 0.3) is 0 Å². The lowest BCUT2D eigenvalue weighted by atomic mass is 9.71. The van der Waals surface area contributed by atoms with Crippen molar-refractivity contribution in [1.29, 1.82) is 0 Å². The largest absolute Gasteiger partial charge is 0.478 e. The van der Waals surface area contributed by atoms with Crippen LogP contribution in [0.4, 0.5) is 0 Å². The number of ether oxygens (including phenoxy) is 2. The summed E-state index contributed by atoms with van der Waals surface area (Å²) < 4.78 is 11.1. The van der Waals surface area contributed by atoms with Crippen molar-refractivity contribution in [2.24, 2.45) is 5.41 Å². The number of aliphatic hydroxyl groups excluding tert-OH is 4. The standard InChI is InChI=1S/C16H26O8/c1-7-4-8(5-16(2,3)10(7)14(21)22)23-15-13(20)12(19)11(18)9(6-17)24-15/h8-9,11-13,15,17-20H,4-6H2,1-3H3,(H,21,22)/t8-,9-,11-,12+,13-,15-/m1/s1. The molecule has 0 saturated carbocycles. The van der Waals surface area contributed by atoms with Crippen LogP contribution in [0.5, 0.6) is 0 Å². The molecule has 2 aliphatic rings. The minimum Gasteiger partial charge on any atom is -0.478 e. The second-order valence-electron chi connectivity index (χ2n) is 7.21. The van der Waals surface area contributed by atoms with Gasteiger partial charge in [-0.25, -0.2) is 4.79 Å². The highest BCUT2D eigenvalue weighted by atomic mass is 16.7. The first-order chi connectivity index (χ1) is 11.1. The van der Waals surface area contributed by atoms with Gasteiger partial charge >= 0.3 is 5.97 Å². The van der Waals surface area contributed by atoms with E-state index in [0.29, 0.717) is 24.0 Å². The Hall–Kier alpha value is -1.03. The van der Waals surface area contributed by atoms with Crippen molar-refractivity contribution in [1.82, 2.24) is 0 Å². The van der Waals surface area contributed by atoms with Crippen LogP contribution >= 0.6 is 0 Å². The Labute approximate surface area is 140 Å². The number of aliphatic hydroxyl groups is 4. The number of carboxylic acids is 1. The summed E-state index contributed by atoms with van der Waals surface area (Å²) in [5, 5.41) is 48.2. The average molecular weight is 346 g/mol. The third-order valence-electron chi connectivity index (χ3n) is 4.76. The van der Waals surface area contributed by atoms with Gasteiger partial charge < -0.3 is 35.0 Å². The smallest absolute Gasteiger partial charge is 0.332 e. The van der Waals surface area contributed by atoms with Crippen LogP contribution in [0.3, 0.4) is 0 Å². The summed E-state index contributed by atoms with van der Waals surface area (Å²) in [6, 6.07) is 0. The maximum Gasteiger partial charge on any atom is 0.332 e. The number of hydrogen-bond donors (Lipinski definition) is 5. The van der Waals surface area contributed by atoms with E-state index in [4.69, 9.17) is 9.47 Å². The van der Waals surface area contributed by atoms with Gasteiger partial charge in [-0.15, -0.1) is 0 Å². The van der Waals surface area contributed by atoms with Crippen molar-refractivity contribution in [3.63, 3.8) is 0 Å². The van der Waals surface area contributed by atoms with Crippen molar-refractivity contribution in [2.45, 2.75) is 70.4 Å². The predicted molar refractivity (Wildman–Crippen MR) is 82.0 cm³/mol. The van der Waals surface area contributed by atoms with Crippen molar-refractivity contribution in [3.05, 3.63) is 11.1 Å². The van der Waals surface area contributed by atoms with E-state index in [9.17, 15) is 30.3 Å². The van der Waals surface area contributed by atoms with Gasteiger partial charge in [-0.1, -0.05) is 19.4 Å². The summed E-state index contributed by atoms with van der Waals surface area (Å²) in [6.07, 6.45) is -6.28. The van der Waals surface area contributed by atoms with E-state index in [2.05, 4.69) is 0 Å². The Balaban J connectivity index is 2.13. The molecule has 1 aliphatic carbocycles. The van der Waals surface area contributed by atoms with Crippen LogP contribution in [0.2, 0.25) is 0 Å². The van der Waals surface area contributed by atoms with Crippen LogP contribution < -0.4 is 0 Å². The molecule has 1 heterocycles. The molecule has 24 heavy (non-hydrogen) atoms. The van der Waals surface area contributed by atoms with Gasteiger partial charge in [0.25, 0.3) is 0 Å². The lowest BCUT2D eigenvalue weighted by Crippen LogP contribution is -2.59. The Morgan fingerprint density at radius 2 is 1.88 bits per heavy atom. The third kappa shape index (κ3) is 3.63. The molecule has 0 aromatic rings. The van der Waals surface area contributed by atoms with Gasteiger partial charge in [0.1, 0.15) is 24.4 Å². The molecule has 1 saturated heterocycles. The Morgan fingerprint density at radius 1 is 1.25 bits per heavy atom. The van der Waals surface area contributed by atoms with E-state index in [1.165, 1.54) is 0 Å². The number of hydrogen-bond acceptors (Lipinski definition) is 7. The minimum absolute atomic E-state index is 0.358. The molecule has 0 aromatic heterocycles. The van der Waals surface area contributed by atoms with Crippen LogP contribution in [-0.2, 0) is 14.3 Å². The summed E-state index contributed by atoms with van der Waals surface area (Å²) in [6.45, 7) is 4.82. The van der Waals surface area contributed by atoms with Crippen LogP contribution in [0, 0.1) is 5.41 Å². The molecule has 0 amide bonds. The molecule has 2 rings (SSSR count). The Bertz CT molecular complexity index is 512. The molecule has 0 bridgehead atoms. The lowest BCUT2D eigenvalue weighted by molar-refractivity contribution is -0.313. The van der Waals surface area contributed by atoms with Crippen molar-refractivity contribution >= 4 is 5.97 Å². The molecule has 138 valence electrons. The van der Waals surface area contributed by atoms with Crippen molar-refractivity contribution < 1.29 is 39.8 Å². The molecule has 5 N–H and O–H groups in total. The molecule has 0 unspecified atom stereocenters. The van der Waals surface area contributed by atoms with Gasteiger partial charge in [0, 0.05) is 5.57 Å². The van der Waals surface area contributed by atoms with Crippen LogP contribution in [0.15, 0.2) is 11.1 Å². The highest BCUT2D eigenvalue weighted by Gasteiger charge is 2.46. The first-order valence-electron chi connectivity index (χ1n) is 7.98. The Kier molecular flexibility index (Phi) is 5.68. The van der Waals surface area contributed by atoms with Crippen molar-refractivity contribution in [2.75, 3.05) is 6.61 Å². The molecular formula is C16H26O8. The zero-order valence-electron chi connectivity index (χ0n) is 14.0. The molecule has 0 radical (unpaired) electrons. The van der Waals surface area contributed by atoms with Gasteiger partial charge in [-0.2, -0.15) is 0 Å². The van der Waals surface area contributed by atoms with Crippen molar-refractivity contribution in [3.8, 4) is 0 Å². The predicted octanol–water partition coefficient (Wildman–Crippen LogP) is -0.607. The zero-order valence-corrected chi connectivity index (χ0v) is 14.0. The zero-order chi connectivity index (χ0) is 18.2. The van der Waals surface area contributed by atoms with Gasteiger partial charge in [0.2, 0.25) is 0 Å². The minimum atomic E-state index is -1.50. The van der Waals surface area contributed by atoms with E-state index in [-0.39, 0.29) is 0 Å². The van der Waals surface area contributed by atoms with E-state index in [0.717, 1.165) is 0 Å². The molecule has 1 aliphatic heterocycles. The summed E-state index contributed by atoms with van der Waals surface area (Å²) in [4.78, 5) is 11.4. The number of carboxylic acid groups (broad SMARTS) is 1. The summed E-state index contributed by atoms with van der Waals surface area (Å²) in [5.41, 5.74) is 0.428. The maximum absolute atomic E-state index is 11.4. The first-order valence-corrected chi connectivity index (χ1v) is 7.98. The second-order valence-corrected chi connectivity index (χ2v) is 7.21. The second kappa shape index (κ2) is 7.07. The van der Waals surface area contributed by atoms with Crippen LogP contribution in [0.1, 0.15) is 33.6 Å². The number of carbonyl (C=O) groups is 1. The molecule has 0 spiro atoms. The van der Waals surface area contributed by atoms with E-state index >= 15 is 0 Å². The monoisotopic (exact) mass is 346 g/mol. The lowest BCUT2D eigenvalue weighted by Gasteiger charge is -2.43. The summed E-state index contributed by atoms with van der Waals surface area (Å²) in [5.74, 6) is -0.955. The molecule has 6 atom stereocenters. The van der Waals surface area contributed by atoms with Gasteiger partial charge in [-0.05, 0) is 25.2 Å². The van der Waals surface area contributed by atoms with E-state index in [1.54, 1.807) is 6.92 Å². The van der Waals surface area contributed by atoms with Gasteiger partial charge in [0.15, 0.2) is 6.29 Å². The fourth-order valence-electron chi connectivity index (χ4n) is 3.70. The van der Waals surface area contributed by atoms with E-state index in [1.807, 2.05) is 13.8 Å². The van der Waals surface area contributed by atoms with Gasteiger partial charge in [0.05, 0.1) is 12.7 Å². The highest BCUT2D eigenvalue weighted by Crippen LogP contribution is 2.42. The first kappa shape index (κ1) is 19.3. The normalized spacial score (nSPS) is 39.8. The van der Waals surface area contributed by atoms with E-state index < -0.39 is 54.8 Å². The fourth-order valence-corrected chi connectivity index (χ4v) is 3.70. The summed E-state index contributed by atoms with van der Waals surface area (Å²) in [7, 11) is 0. The van der Waals surface area contributed by atoms with Gasteiger partial charge in [-0.3, -0.25) is 0 Å². The summed E-state index contributed by atoms with van der Waals surface area (Å²) >= 11 is 0. The third-order valence-corrected chi connectivity index (χ3v) is 4.76. The fraction of sp³-hybridized carbons (Fsp3) is 0.812. The quantitative estimate of drug-likeness (QED) is 0.455. The Morgan fingerprint density at radius 3 is 2.38 bits per heavy atom. The highest BCUT2D eigenvalue weighted by molar-refractivity contribution is 5.89. The topological polar surface area (TPSA) is 137 Å². The molecule has 8 nitrogen and oxygen atoms in total. The molecule has 8 heteroatoms. The molecular weight excluding hydrogens is 320 g/mol. The number of aliphatic carboxylic acids is 1. The average Bonchev–Trinajstić information content (AvgIpc) is 2.45. The molecule has 0 aromatic carbocycles. The maximum atomic E-state index is 11.4.